The highest BCUT2D eigenvalue weighted by molar-refractivity contribution is 5.71. The topological polar surface area (TPSA) is 78.9 Å². The van der Waals surface area contributed by atoms with Crippen molar-refractivity contribution in [2.75, 3.05) is 13.2 Å². The quantitative estimate of drug-likeness (QED) is 0.0261. The summed E-state index contributed by atoms with van der Waals surface area (Å²) in [7, 11) is 0. The molecule has 6 heteroatoms. The number of hydrogen-bond acceptors (Lipinski definition) is 6. The van der Waals surface area contributed by atoms with Crippen LogP contribution in [0.15, 0.2) is 194 Å². The summed E-state index contributed by atoms with van der Waals surface area (Å²) in [6.45, 7) is 6.25. The Morgan fingerprint density at radius 3 is 0.790 bits per heavy atom. The van der Waals surface area contributed by atoms with Gasteiger partial charge in [-0.2, -0.15) is 0 Å². The van der Waals surface area contributed by atoms with Crippen molar-refractivity contribution in [1.82, 2.24) is 0 Å². The first-order chi connectivity index (χ1) is 40.0. The molecule has 450 valence electrons. The molecule has 0 aromatic carbocycles. The van der Waals surface area contributed by atoms with Crippen LogP contribution in [-0.2, 0) is 28.6 Å². The van der Waals surface area contributed by atoms with E-state index in [1.54, 1.807) is 0 Å². The average molecular weight is 1110 g/mol. The highest BCUT2D eigenvalue weighted by Gasteiger charge is 2.19. The van der Waals surface area contributed by atoms with Gasteiger partial charge in [-0.15, -0.1) is 0 Å². The minimum Gasteiger partial charge on any atom is -0.462 e. The smallest absolute Gasteiger partial charge is 0.306 e. The number of rotatable bonds is 55. The Kier molecular flexibility index (Phi) is 62.0. The van der Waals surface area contributed by atoms with E-state index in [-0.39, 0.29) is 37.5 Å². The van der Waals surface area contributed by atoms with E-state index < -0.39 is 6.10 Å². The van der Waals surface area contributed by atoms with Crippen molar-refractivity contribution in [3.8, 4) is 0 Å². The molecule has 0 bridgehead atoms. The van der Waals surface area contributed by atoms with Crippen molar-refractivity contribution in [2.24, 2.45) is 0 Å². The lowest BCUT2D eigenvalue weighted by atomic mass is 10.1. The summed E-state index contributed by atoms with van der Waals surface area (Å²) in [6, 6.07) is 0. The molecule has 0 saturated heterocycles. The molecular weight excluding hydrogens is 997 g/mol. The van der Waals surface area contributed by atoms with Crippen molar-refractivity contribution in [2.45, 2.75) is 245 Å². The zero-order chi connectivity index (χ0) is 58.5. The number of esters is 3. The van der Waals surface area contributed by atoms with E-state index in [0.29, 0.717) is 19.3 Å². The molecule has 0 radical (unpaired) electrons. The molecule has 81 heavy (non-hydrogen) atoms. The second-order valence-corrected chi connectivity index (χ2v) is 20.2. The molecule has 0 amide bonds. The van der Waals surface area contributed by atoms with Gasteiger partial charge in [-0.3, -0.25) is 14.4 Å². The van der Waals surface area contributed by atoms with Gasteiger partial charge in [-0.05, 0) is 154 Å². The van der Waals surface area contributed by atoms with Gasteiger partial charge in [0.15, 0.2) is 6.10 Å². The second-order valence-electron chi connectivity index (χ2n) is 20.2. The van der Waals surface area contributed by atoms with Gasteiger partial charge < -0.3 is 14.2 Å². The van der Waals surface area contributed by atoms with Crippen LogP contribution in [0.4, 0.5) is 0 Å². The predicted molar refractivity (Wildman–Crippen MR) is 352 cm³/mol. The van der Waals surface area contributed by atoms with Crippen LogP contribution in [0.3, 0.4) is 0 Å². The molecule has 0 heterocycles. The van der Waals surface area contributed by atoms with Gasteiger partial charge in [0.05, 0.1) is 0 Å². The molecule has 0 aromatic rings. The molecule has 0 aromatic heterocycles. The van der Waals surface area contributed by atoms with Gasteiger partial charge in [-0.25, -0.2) is 0 Å². The summed E-state index contributed by atoms with van der Waals surface area (Å²) in [4.78, 5) is 38.2. The molecule has 0 aliphatic rings. The molecule has 0 aliphatic heterocycles. The summed E-state index contributed by atoms with van der Waals surface area (Å²) >= 11 is 0. The summed E-state index contributed by atoms with van der Waals surface area (Å²) in [5.41, 5.74) is 0. The average Bonchev–Trinajstić information content (AvgIpc) is 3.46. The number of unbranched alkanes of at least 4 members (excludes halogenated alkanes) is 12. The van der Waals surface area contributed by atoms with E-state index in [9.17, 15) is 14.4 Å². The molecule has 1 atom stereocenters. The van der Waals surface area contributed by atoms with Crippen molar-refractivity contribution in [1.29, 1.82) is 0 Å². The normalized spacial score (nSPS) is 13.5. The van der Waals surface area contributed by atoms with Crippen LogP contribution in [0.1, 0.15) is 239 Å². The van der Waals surface area contributed by atoms with Gasteiger partial charge >= 0.3 is 17.9 Å². The second kappa shape index (κ2) is 66.8. The van der Waals surface area contributed by atoms with E-state index in [1.165, 1.54) is 6.42 Å². The molecular formula is C75H114O6. The Bertz CT molecular complexity index is 1950. The molecule has 0 fully saturated rings. The highest BCUT2D eigenvalue weighted by atomic mass is 16.6. The summed E-state index contributed by atoms with van der Waals surface area (Å²) in [5, 5.41) is 0. The van der Waals surface area contributed by atoms with Crippen molar-refractivity contribution >= 4 is 17.9 Å². The van der Waals surface area contributed by atoms with Crippen LogP contribution >= 0.6 is 0 Å². The number of carbonyl (C=O) groups is 3. The maximum Gasteiger partial charge on any atom is 0.306 e. The Balaban J connectivity index is 4.43. The molecule has 0 saturated carbocycles. The fraction of sp³-hybridized carbons (Fsp3) is 0.533. The van der Waals surface area contributed by atoms with Crippen LogP contribution in [0, 0.1) is 0 Å². The third-order valence-corrected chi connectivity index (χ3v) is 12.5. The number of ether oxygens (including phenoxy) is 3. The van der Waals surface area contributed by atoms with E-state index >= 15 is 0 Å². The third kappa shape index (κ3) is 64.9. The SMILES string of the molecule is CC/C=C\C/C=C\C/C=C\C/C=C\C/C=C\C/C=C\C/C=C\C/C=C\C/C=C\CCCCCCCC(=O)OCC(COC(=O)CCCCCCC/C=C\C/C=C\CCC)OC(=O)CCC/C=C\C/C=C\C/C=C\C/C=C\C/C=C\CC. The first-order valence-electron chi connectivity index (χ1n) is 31.9. The zero-order valence-corrected chi connectivity index (χ0v) is 51.5. The fourth-order valence-corrected chi connectivity index (χ4v) is 7.86. The molecule has 0 aliphatic carbocycles. The third-order valence-electron chi connectivity index (χ3n) is 12.5. The van der Waals surface area contributed by atoms with Gasteiger partial charge in [0.25, 0.3) is 0 Å². The fourth-order valence-electron chi connectivity index (χ4n) is 7.86. The Hall–Kier alpha value is -5.75. The number of carbonyl (C=O) groups excluding carboxylic acids is 3. The zero-order valence-electron chi connectivity index (χ0n) is 51.5. The molecule has 6 nitrogen and oxygen atoms in total. The summed E-state index contributed by atoms with van der Waals surface area (Å²) < 4.78 is 16.8. The van der Waals surface area contributed by atoms with Crippen LogP contribution in [0.2, 0.25) is 0 Å². The first-order valence-corrected chi connectivity index (χ1v) is 31.9. The van der Waals surface area contributed by atoms with E-state index in [0.717, 1.165) is 186 Å². The standard InChI is InChI=1S/C75H114O6/c1-4-7-10-13-16-19-22-25-27-29-30-31-32-33-34-35-36-37-38-39-40-41-42-43-44-46-47-50-53-56-59-62-65-68-74(77)80-71-72(70-79-73(76)67-64-61-58-55-52-49-24-21-18-15-12-9-6-3)81-75(78)69-66-63-60-57-54-51-48-45-28-26-23-20-17-14-11-8-5-2/h7-8,10-12,15-17,19-21,24-28,30-31,33-34,36-37,39-40,42-43,46-48,51,57,60,72H,4-6,9,13-14,18,22-23,29,32,35,38,41,44-45,49-50,52-56,58-59,61-71H2,1-3H3/b10-7-,11-8-,15-12-,19-16-,20-17-,24-21-,27-25-,28-26-,31-30-,34-33-,37-36-,40-39-,43-42-,47-46-,51-48-,60-57-. The minimum atomic E-state index is -0.834. The Morgan fingerprint density at radius 2 is 0.494 bits per heavy atom. The van der Waals surface area contributed by atoms with Crippen LogP contribution in [-0.4, -0.2) is 37.2 Å². The number of allylic oxidation sites excluding steroid dienone is 32. The van der Waals surface area contributed by atoms with Crippen molar-refractivity contribution in [3.63, 3.8) is 0 Å². The van der Waals surface area contributed by atoms with E-state index in [2.05, 4.69) is 215 Å². The van der Waals surface area contributed by atoms with Crippen LogP contribution in [0.25, 0.3) is 0 Å². The van der Waals surface area contributed by atoms with Gasteiger partial charge in [0, 0.05) is 19.3 Å². The molecule has 1 unspecified atom stereocenters. The summed E-state index contributed by atoms with van der Waals surface area (Å²) in [5.74, 6) is -1.03. The predicted octanol–water partition coefficient (Wildman–Crippen LogP) is 22.2. The van der Waals surface area contributed by atoms with Crippen molar-refractivity contribution in [3.05, 3.63) is 194 Å². The number of hydrogen-bond donors (Lipinski definition) is 0. The first kappa shape index (κ1) is 75.2. The lowest BCUT2D eigenvalue weighted by molar-refractivity contribution is -0.167. The van der Waals surface area contributed by atoms with Gasteiger partial charge in [0.1, 0.15) is 13.2 Å². The van der Waals surface area contributed by atoms with Crippen LogP contribution in [0.5, 0.6) is 0 Å². The minimum absolute atomic E-state index is 0.124. The van der Waals surface area contributed by atoms with Crippen LogP contribution < -0.4 is 0 Å². The van der Waals surface area contributed by atoms with E-state index in [4.69, 9.17) is 14.2 Å². The molecule has 0 spiro atoms. The monoisotopic (exact) mass is 1110 g/mol. The maximum atomic E-state index is 12.9. The van der Waals surface area contributed by atoms with E-state index in [1.807, 2.05) is 0 Å². The lowest BCUT2D eigenvalue weighted by Gasteiger charge is -2.18. The largest absolute Gasteiger partial charge is 0.462 e. The molecule has 0 rings (SSSR count). The molecule has 0 N–H and O–H groups in total. The Labute approximate surface area is 497 Å². The highest BCUT2D eigenvalue weighted by Crippen LogP contribution is 2.12. The van der Waals surface area contributed by atoms with Crippen molar-refractivity contribution < 1.29 is 28.6 Å². The van der Waals surface area contributed by atoms with Gasteiger partial charge in [-0.1, -0.05) is 260 Å². The van der Waals surface area contributed by atoms with Gasteiger partial charge in [0.2, 0.25) is 0 Å². The maximum absolute atomic E-state index is 12.9. The summed E-state index contributed by atoms with van der Waals surface area (Å²) in [6.07, 6.45) is 102. The Morgan fingerprint density at radius 1 is 0.259 bits per heavy atom. The lowest BCUT2D eigenvalue weighted by Crippen LogP contribution is -2.30.